The van der Waals surface area contributed by atoms with Crippen LogP contribution in [0.15, 0.2) is 58.2 Å². The summed E-state index contributed by atoms with van der Waals surface area (Å²) in [5, 5.41) is 0.758. The van der Waals surface area contributed by atoms with E-state index in [0.717, 1.165) is 32.5 Å². The fourth-order valence-electron chi connectivity index (χ4n) is 3.27. The molecule has 0 saturated carbocycles. The number of ketones is 1. The summed E-state index contributed by atoms with van der Waals surface area (Å²) >= 11 is 2.59. The molecule has 0 unspecified atom stereocenters. The second kappa shape index (κ2) is 8.56. The number of anilines is 1. The topological polar surface area (TPSA) is 79.5 Å². The lowest BCUT2D eigenvalue weighted by atomic mass is 10.0. The van der Waals surface area contributed by atoms with Gasteiger partial charge < -0.3 is 14.6 Å². The van der Waals surface area contributed by atoms with Crippen LogP contribution in [0, 0.1) is 6.92 Å². The van der Waals surface area contributed by atoms with Crippen LogP contribution in [0.3, 0.4) is 0 Å². The quantitative estimate of drug-likeness (QED) is 0.373. The Labute approximate surface area is 186 Å². The van der Waals surface area contributed by atoms with Gasteiger partial charge in [0.25, 0.3) is 5.56 Å². The standard InChI is InChI=1S/C23H20N2O4S2/c1-4-29-23(28)17(18(26)14-8-6-5-7-9-14)21-24-20(27)19(31-21)22-25(3)15-12-13(2)10-11-16(15)30-22/h5-12H,4H2,1-3H3,(H,24,27)/b21-17-,22-19-. The number of thiazole rings is 1. The molecule has 0 fully saturated rings. The first kappa shape index (κ1) is 21.1. The number of nitrogens with one attached hydrogen (secondary N) is 1. The van der Waals surface area contributed by atoms with E-state index in [0.29, 0.717) is 10.1 Å². The highest BCUT2D eigenvalue weighted by Crippen LogP contribution is 2.45. The van der Waals surface area contributed by atoms with Crippen molar-refractivity contribution in [3.8, 4) is 0 Å². The van der Waals surface area contributed by atoms with Gasteiger partial charge in [0.05, 0.1) is 12.3 Å². The normalized spacial score (nSPS) is 15.5. The highest BCUT2D eigenvalue weighted by atomic mass is 32.2. The molecule has 1 aromatic heterocycles. The van der Waals surface area contributed by atoms with Gasteiger partial charge in [0, 0.05) is 17.5 Å². The average Bonchev–Trinajstić information content (AvgIpc) is 3.28. The van der Waals surface area contributed by atoms with Crippen molar-refractivity contribution in [2.24, 2.45) is 0 Å². The molecule has 1 aliphatic heterocycles. The molecule has 0 spiro atoms. The number of H-pyrrole nitrogens is 1. The maximum absolute atomic E-state index is 13.1. The van der Waals surface area contributed by atoms with Gasteiger partial charge in [-0.1, -0.05) is 48.2 Å². The zero-order valence-electron chi connectivity index (χ0n) is 17.2. The predicted molar refractivity (Wildman–Crippen MR) is 124 cm³/mol. The number of hydrogen-bond acceptors (Lipinski definition) is 7. The van der Waals surface area contributed by atoms with E-state index < -0.39 is 11.8 Å². The number of carbonyl (C=O) groups is 2. The first-order valence-electron chi connectivity index (χ1n) is 9.67. The van der Waals surface area contributed by atoms with Gasteiger partial charge in [0.2, 0.25) is 5.78 Å². The van der Waals surface area contributed by atoms with Crippen molar-refractivity contribution in [2.75, 3.05) is 18.6 Å². The third kappa shape index (κ3) is 3.96. The molecule has 3 aromatic rings. The van der Waals surface area contributed by atoms with Crippen LogP contribution in [0.2, 0.25) is 0 Å². The maximum atomic E-state index is 13.1. The Morgan fingerprint density at radius 1 is 1.13 bits per heavy atom. The molecule has 31 heavy (non-hydrogen) atoms. The summed E-state index contributed by atoms with van der Waals surface area (Å²) in [6.07, 6.45) is 0. The number of esters is 1. The van der Waals surface area contributed by atoms with E-state index in [4.69, 9.17) is 4.74 Å². The number of ether oxygens (including phenoxy) is 1. The number of fused-ring (bicyclic) bond motifs is 1. The number of carbonyl (C=O) groups excluding carboxylic acids is 2. The number of aromatic amines is 1. The smallest absolute Gasteiger partial charge is 0.345 e. The second-order valence-corrected chi connectivity index (χ2v) is 8.99. The monoisotopic (exact) mass is 452 g/mol. The van der Waals surface area contributed by atoms with Gasteiger partial charge in [0.15, 0.2) is 0 Å². The Bertz CT molecular complexity index is 1360. The number of aromatic nitrogens is 1. The van der Waals surface area contributed by atoms with Crippen molar-refractivity contribution in [1.82, 2.24) is 4.98 Å². The predicted octanol–water partition coefficient (Wildman–Crippen LogP) is 2.65. The van der Waals surface area contributed by atoms with Crippen molar-refractivity contribution in [3.63, 3.8) is 0 Å². The number of aryl methyl sites for hydroxylation is 1. The molecular weight excluding hydrogens is 432 g/mol. The minimum absolute atomic E-state index is 0.123. The number of hydrogen-bond donors (Lipinski definition) is 1. The third-order valence-electron chi connectivity index (χ3n) is 4.79. The fourth-order valence-corrected chi connectivity index (χ4v) is 5.58. The molecule has 6 nitrogen and oxygen atoms in total. The first-order chi connectivity index (χ1) is 14.9. The lowest BCUT2D eigenvalue weighted by Gasteiger charge is -2.12. The summed E-state index contributed by atoms with van der Waals surface area (Å²) in [6.45, 7) is 3.81. The molecular formula is C23H20N2O4S2. The highest BCUT2D eigenvalue weighted by molar-refractivity contribution is 8.08. The Balaban J connectivity index is 1.92. The lowest BCUT2D eigenvalue weighted by molar-refractivity contribution is -0.136. The van der Waals surface area contributed by atoms with Gasteiger partial charge in [-0.3, -0.25) is 9.59 Å². The summed E-state index contributed by atoms with van der Waals surface area (Å²) in [6, 6.07) is 14.6. The first-order valence-corrected chi connectivity index (χ1v) is 11.3. The molecule has 0 radical (unpaired) electrons. The number of Topliss-reactive ketones (excluding diaryl/α,β-unsaturated/α-hetero) is 1. The highest BCUT2D eigenvalue weighted by Gasteiger charge is 2.26. The van der Waals surface area contributed by atoms with Crippen LogP contribution < -0.4 is 19.7 Å². The molecule has 1 N–H and O–H groups in total. The summed E-state index contributed by atoms with van der Waals surface area (Å²) in [5.41, 5.74) is 1.98. The molecule has 0 aliphatic carbocycles. The minimum atomic E-state index is -0.753. The van der Waals surface area contributed by atoms with Crippen molar-refractivity contribution < 1.29 is 14.3 Å². The molecule has 4 rings (SSSR count). The van der Waals surface area contributed by atoms with Crippen molar-refractivity contribution in [1.29, 1.82) is 0 Å². The number of rotatable bonds is 4. The zero-order chi connectivity index (χ0) is 22.1. The molecule has 0 atom stereocenters. The van der Waals surface area contributed by atoms with Gasteiger partial charge in [-0.2, -0.15) is 0 Å². The molecule has 158 valence electrons. The zero-order valence-corrected chi connectivity index (χ0v) is 18.9. The molecule has 0 amide bonds. The Hall–Kier alpha value is -3.10. The van der Waals surface area contributed by atoms with Gasteiger partial charge in [-0.05, 0) is 31.5 Å². The minimum Gasteiger partial charge on any atom is -0.462 e. The van der Waals surface area contributed by atoms with E-state index in [-0.39, 0.29) is 22.4 Å². The van der Waals surface area contributed by atoms with Crippen LogP contribution in [0.5, 0.6) is 0 Å². The van der Waals surface area contributed by atoms with E-state index in [9.17, 15) is 14.4 Å². The van der Waals surface area contributed by atoms with Gasteiger partial charge in [0.1, 0.15) is 19.8 Å². The molecule has 2 aromatic carbocycles. The summed E-state index contributed by atoms with van der Waals surface area (Å²) in [4.78, 5) is 44.3. The second-order valence-electron chi connectivity index (χ2n) is 6.94. The van der Waals surface area contributed by atoms with Crippen molar-refractivity contribution >= 4 is 51.1 Å². The van der Waals surface area contributed by atoms with E-state index in [1.165, 1.54) is 11.8 Å². The van der Waals surface area contributed by atoms with Crippen LogP contribution in [-0.2, 0) is 9.53 Å². The molecule has 2 heterocycles. The molecule has 0 saturated heterocycles. The number of thioether (sulfide) groups is 1. The Kier molecular flexibility index (Phi) is 5.84. The Morgan fingerprint density at radius 3 is 2.58 bits per heavy atom. The van der Waals surface area contributed by atoms with Crippen LogP contribution in [-0.4, -0.2) is 30.4 Å². The summed E-state index contributed by atoms with van der Waals surface area (Å²) in [5.74, 6) is -1.24. The van der Waals surface area contributed by atoms with Gasteiger partial charge >= 0.3 is 5.97 Å². The van der Waals surface area contributed by atoms with Crippen molar-refractivity contribution in [2.45, 2.75) is 18.7 Å². The van der Waals surface area contributed by atoms with E-state index in [2.05, 4.69) is 11.1 Å². The third-order valence-corrected chi connectivity index (χ3v) is 7.25. The van der Waals surface area contributed by atoms with E-state index in [1.54, 1.807) is 37.3 Å². The molecule has 0 bridgehead atoms. The van der Waals surface area contributed by atoms with Crippen LogP contribution >= 0.6 is 23.1 Å². The van der Waals surface area contributed by atoms with Crippen molar-refractivity contribution in [3.05, 3.63) is 79.2 Å². The largest absolute Gasteiger partial charge is 0.462 e. The summed E-state index contributed by atoms with van der Waals surface area (Å²) in [7, 11) is 1.90. The fraction of sp³-hybridized carbons (Fsp3) is 0.174. The van der Waals surface area contributed by atoms with Crippen LogP contribution in [0.1, 0.15) is 22.8 Å². The van der Waals surface area contributed by atoms with Crippen LogP contribution in [0.25, 0.3) is 10.6 Å². The Morgan fingerprint density at radius 2 is 1.87 bits per heavy atom. The van der Waals surface area contributed by atoms with Crippen LogP contribution in [0.4, 0.5) is 5.69 Å². The average molecular weight is 453 g/mol. The molecule has 8 heteroatoms. The SMILES string of the molecule is CCOC(=O)/C(C(=O)c1ccccc1)=c1/[nH]c(=O)/c(=C2/Sc3ccc(C)cc3N2C)s1. The van der Waals surface area contributed by atoms with Gasteiger partial charge in [-0.15, -0.1) is 11.3 Å². The molecule has 1 aliphatic rings. The summed E-state index contributed by atoms with van der Waals surface area (Å²) < 4.78 is 5.76. The number of benzene rings is 2. The maximum Gasteiger partial charge on any atom is 0.345 e. The lowest BCUT2D eigenvalue weighted by Crippen LogP contribution is -2.27. The number of nitrogens with zero attached hydrogens (tertiary/aromatic N) is 1. The van der Waals surface area contributed by atoms with E-state index in [1.807, 2.05) is 31.0 Å². The van der Waals surface area contributed by atoms with E-state index >= 15 is 0 Å². The van der Waals surface area contributed by atoms with Gasteiger partial charge in [-0.25, -0.2) is 4.79 Å².